The SMILES string of the molecule is O=C1CCC([C@@H](O)CO)N1Cc1cccs1. The van der Waals surface area contributed by atoms with E-state index >= 15 is 0 Å². The maximum atomic E-state index is 11.7. The highest BCUT2D eigenvalue weighted by Gasteiger charge is 2.35. The first-order valence-corrected chi connectivity index (χ1v) is 6.21. The maximum absolute atomic E-state index is 11.7. The number of aliphatic hydroxyl groups excluding tert-OH is 2. The van der Waals surface area contributed by atoms with E-state index in [0.717, 1.165) is 4.88 Å². The third-order valence-corrected chi connectivity index (χ3v) is 3.77. The molecule has 0 spiro atoms. The van der Waals surface area contributed by atoms with Gasteiger partial charge in [0.05, 0.1) is 25.3 Å². The third-order valence-electron chi connectivity index (χ3n) is 2.91. The van der Waals surface area contributed by atoms with Gasteiger partial charge in [0, 0.05) is 11.3 Å². The molecule has 1 aliphatic rings. The van der Waals surface area contributed by atoms with E-state index in [1.807, 2.05) is 17.5 Å². The van der Waals surface area contributed by atoms with E-state index < -0.39 is 6.10 Å². The number of likely N-dealkylation sites (tertiary alicyclic amines) is 1. The monoisotopic (exact) mass is 241 g/mol. The van der Waals surface area contributed by atoms with Crippen molar-refractivity contribution in [2.75, 3.05) is 6.61 Å². The van der Waals surface area contributed by atoms with Crippen LogP contribution in [-0.2, 0) is 11.3 Å². The van der Waals surface area contributed by atoms with E-state index in [0.29, 0.717) is 19.4 Å². The summed E-state index contributed by atoms with van der Waals surface area (Å²) >= 11 is 1.60. The van der Waals surface area contributed by atoms with Crippen molar-refractivity contribution in [3.05, 3.63) is 22.4 Å². The molecule has 1 aliphatic heterocycles. The second kappa shape index (κ2) is 4.95. The van der Waals surface area contributed by atoms with Gasteiger partial charge >= 0.3 is 0 Å². The highest BCUT2D eigenvalue weighted by atomic mass is 32.1. The summed E-state index contributed by atoms with van der Waals surface area (Å²) in [6.45, 7) is 0.247. The van der Waals surface area contributed by atoms with Gasteiger partial charge in [0.1, 0.15) is 0 Å². The summed E-state index contributed by atoms with van der Waals surface area (Å²) in [6.07, 6.45) is 0.269. The van der Waals surface area contributed by atoms with Crippen LogP contribution in [0.2, 0.25) is 0 Å². The Morgan fingerprint density at radius 1 is 1.62 bits per heavy atom. The van der Waals surface area contributed by atoms with Crippen molar-refractivity contribution < 1.29 is 15.0 Å². The summed E-state index contributed by atoms with van der Waals surface area (Å²) in [5.41, 5.74) is 0. The molecule has 16 heavy (non-hydrogen) atoms. The number of nitrogens with zero attached hydrogens (tertiary/aromatic N) is 1. The number of carbonyl (C=O) groups is 1. The lowest BCUT2D eigenvalue weighted by atomic mass is 10.1. The fraction of sp³-hybridized carbons (Fsp3) is 0.545. The number of carbonyl (C=O) groups excluding carboxylic acids is 1. The van der Waals surface area contributed by atoms with E-state index in [1.165, 1.54) is 0 Å². The van der Waals surface area contributed by atoms with E-state index in [1.54, 1.807) is 16.2 Å². The first-order valence-electron chi connectivity index (χ1n) is 5.33. The average Bonchev–Trinajstić information content (AvgIpc) is 2.90. The van der Waals surface area contributed by atoms with Gasteiger partial charge in [-0.25, -0.2) is 0 Å². The molecular weight excluding hydrogens is 226 g/mol. The van der Waals surface area contributed by atoms with Gasteiger partial charge in [-0.05, 0) is 17.9 Å². The zero-order valence-electron chi connectivity index (χ0n) is 8.87. The zero-order valence-corrected chi connectivity index (χ0v) is 9.69. The minimum Gasteiger partial charge on any atom is -0.394 e. The maximum Gasteiger partial charge on any atom is 0.223 e. The topological polar surface area (TPSA) is 60.8 Å². The summed E-state index contributed by atoms with van der Waals surface area (Å²) in [7, 11) is 0. The predicted octanol–water partition coefficient (Wildman–Crippen LogP) is 0.592. The molecule has 2 atom stereocenters. The molecule has 0 aromatic carbocycles. The van der Waals surface area contributed by atoms with Gasteiger partial charge in [-0.1, -0.05) is 6.07 Å². The Labute approximate surface area is 98.1 Å². The highest BCUT2D eigenvalue weighted by molar-refractivity contribution is 7.09. The van der Waals surface area contributed by atoms with Gasteiger partial charge in [-0.2, -0.15) is 0 Å². The summed E-state index contributed by atoms with van der Waals surface area (Å²) in [5.74, 6) is 0.0610. The van der Waals surface area contributed by atoms with Gasteiger partial charge in [-0.3, -0.25) is 4.79 Å². The number of rotatable bonds is 4. The Morgan fingerprint density at radius 3 is 3.06 bits per heavy atom. The van der Waals surface area contributed by atoms with Crippen molar-refractivity contribution >= 4 is 17.2 Å². The molecule has 2 heterocycles. The smallest absolute Gasteiger partial charge is 0.223 e. The standard InChI is InChI=1S/C11H15NO3S/c13-7-10(14)9-3-4-11(15)12(9)6-8-2-1-5-16-8/h1-2,5,9-10,13-14H,3-4,6-7H2/t9?,10-/m0/s1. The van der Waals surface area contributed by atoms with Crippen molar-refractivity contribution in [2.24, 2.45) is 0 Å². The molecule has 4 nitrogen and oxygen atoms in total. The van der Waals surface area contributed by atoms with Gasteiger partial charge < -0.3 is 15.1 Å². The van der Waals surface area contributed by atoms with Crippen LogP contribution in [0.5, 0.6) is 0 Å². The van der Waals surface area contributed by atoms with Crippen molar-refractivity contribution in [3.63, 3.8) is 0 Å². The van der Waals surface area contributed by atoms with Crippen molar-refractivity contribution in [1.29, 1.82) is 0 Å². The molecule has 0 aliphatic carbocycles. The Morgan fingerprint density at radius 2 is 2.44 bits per heavy atom. The van der Waals surface area contributed by atoms with Crippen LogP contribution in [-0.4, -0.2) is 39.8 Å². The molecule has 1 aromatic heterocycles. The number of amides is 1. The third kappa shape index (κ3) is 2.26. The lowest BCUT2D eigenvalue weighted by Crippen LogP contribution is -2.42. The van der Waals surface area contributed by atoms with Crippen LogP contribution in [0.15, 0.2) is 17.5 Å². The van der Waals surface area contributed by atoms with Gasteiger partial charge in [0.2, 0.25) is 5.91 Å². The first kappa shape index (κ1) is 11.6. The summed E-state index contributed by atoms with van der Waals surface area (Å²) < 4.78 is 0. The number of aliphatic hydroxyl groups is 2. The Kier molecular flexibility index (Phi) is 3.58. The largest absolute Gasteiger partial charge is 0.394 e. The van der Waals surface area contributed by atoms with Gasteiger partial charge in [-0.15, -0.1) is 11.3 Å². The van der Waals surface area contributed by atoms with Crippen LogP contribution < -0.4 is 0 Å². The lowest BCUT2D eigenvalue weighted by molar-refractivity contribution is -0.131. The van der Waals surface area contributed by atoms with Crippen LogP contribution in [0.4, 0.5) is 0 Å². The molecule has 2 rings (SSSR count). The van der Waals surface area contributed by atoms with Crippen molar-refractivity contribution in [3.8, 4) is 0 Å². The normalized spacial score (nSPS) is 22.8. The number of thiophene rings is 1. The summed E-state index contributed by atoms with van der Waals surface area (Å²) in [5, 5.41) is 20.5. The molecule has 1 unspecified atom stereocenters. The Bertz CT molecular complexity index is 352. The van der Waals surface area contributed by atoms with Crippen LogP contribution in [0, 0.1) is 0 Å². The Hall–Kier alpha value is -0.910. The predicted molar refractivity (Wildman–Crippen MR) is 61.0 cm³/mol. The zero-order chi connectivity index (χ0) is 11.5. The second-order valence-electron chi connectivity index (χ2n) is 3.96. The van der Waals surface area contributed by atoms with Crippen LogP contribution in [0.3, 0.4) is 0 Å². The lowest BCUT2D eigenvalue weighted by Gasteiger charge is -2.27. The minimum atomic E-state index is -0.827. The number of hydrogen-bond acceptors (Lipinski definition) is 4. The van der Waals surface area contributed by atoms with E-state index in [2.05, 4.69) is 0 Å². The first-order chi connectivity index (χ1) is 7.72. The summed E-state index contributed by atoms with van der Waals surface area (Å²) in [4.78, 5) is 14.4. The molecule has 0 radical (unpaired) electrons. The van der Waals surface area contributed by atoms with Crippen molar-refractivity contribution in [2.45, 2.75) is 31.5 Å². The van der Waals surface area contributed by atoms with Gasteiger partial charge in [0.25, 0.3) is 0 Å². The molecule has 88 valence electrons. The minimum absolute atomic E-state index is 0.0610. The molecule has 1 fully saturated rings. The van der Waals surface area contributed by atoms with E-state index in [4.69, 9.17) is 5.11 Å². The molecule has 0 bridgehead atoms. The molecule has 2 N–H and O–H groups in total. The fourth-order valence-electron chi connectivity index (χ4n) is 2.05. The molecular formula is C11H15NO3S. The highest BCUT2D eigenvalue weighted by Crippen LogP contribution is 2.25. The van der Waals surface area contributed by atoms with E-state index in [9.17, 15) is 9.90 Å². The van der Waals surface area contributed by atoms with Crippen LogP contribution in [0.25, 0.3) is 0 Å². The van der Waals surface area contributed by atoms with E-state index in [-0.39, 0.29) is 18.6 Å². The number of hydrogen-bond donors (Lipinski definition) is 2. The molecule has 5 heteroatoms. The van der Waals surface area contributed by atoms with Crippen molar-refractivity contribution in [1.82, 2.24) is 4.90 Å². The Balaban J connectivity index is 2.07. The fourth-order valence-corrected chi connectivity index (χ4v) is 2.76. The van der Waals surface area contributed by atoms with Gasteiger partial charge in [0.15, 0.2) is 0 Å². The quantitative estimate of drug-likeness (QED) is 0.811. The average molecular weight is 241 g/mol. The van der Waals surface area contributed by atoms with Crippen LogP contribution >= 0.6 is 11.3 Å². The van der Waals surface area contributed by atoms with Crippen LogP contribution in [0.1, 0.15) is 17.7 Å². The molecule has 0 saturated carbocycles. The summed E-state index contributed by atoms with van der Waals surface area (Å²) in [6, 6.07) is 3.68. The molecule has 1 saturated heterocycles. The molecule has 1 aromatic rings. The molecule has 1 amide bonds. The second-order valence-corrected chi connectivity index (χ2v) is 4.99.